The summed E-state index contributed by atoms with van der Waals surface area (Å²) in [6, 6.07) is 9.24. The molecule has 0 aliphatic carbocycles. The van der Waals surface area contributed by atoms with Crippen molar-refractivity contribution >= 4 is 18.0 Å². The van der Waals surface area contributed by atoms with Crippen LogP contribution in [0.5, 0.6) is 0 Å². The Balaban J connectivity index is 2.09. The summed E-state index contributed by atoms with van der Waals surface area (Å²) in [5.74, 6) is -1.58. The van der Waals surface area contributed by atoms with E-state index in [1.165, 1.54) is 4.90 Å². The smallest absolute Gasteiger partial charge is 0.416 e. The van der Waals surface area contributed by atoms with Crippen molar-refractivity contribution in [2.75, 3.05) is 19.8 Å². The molecule has 0 spiro atoms. The van der Waals surface area contributed by atoms with E-state index < -0.39 is 35.5 Å². The zero-order chi connectivity index (χ0) is 22.9. The van der Waals surface area contributed by atoms with Gasteiger partial charge in [0.15, 0.2) is 0 Å². The largest absolute Gasteiger partial charge is 0.460 e. The SMILES string of the molecule is CCCCOCC[C@H](CC(=O)OC(C)(C)C)C(=O)N1C(=O)OC[C@@H]1Cc1ccccc1. The number of unbranched alkanes of at least 4 members (excludes halogenated alkanes) is 1. The third kappa shape index (κ3) is 8.32. The van der Waals surface area contributed by atoms with E-state index in [1.54, 1.807) is 20.8 Å². The summed E-state index contributed by atoms with van der Waals surface area (Å²) in [5.41, 5.74) is 0.361. The quantitative estimate of drug-likeness (QED) is 0.385. The molecule has 1 saturated heterocycles. The first-order chi connectivity index (χ1) is 14.7. The number of nitrogens with zero attached hydrogens (tertiary/aromatic N) is 1. The van der Waals surface area contributed by atoms with E-state index in [2.05, 4.69) is 6.92 Å². The number of imide groups is 1. The minimum Gasteiger partial charge on any atom is -0.460 e. The van der Waals surface area contributed by atoms with E-state index in [1.807, 2.05) is 30.3 Å². The fraction of sp³-hybridized carbons (Fsp3) is 0.625. The number of hydrogen-bond acceptors (Lipinski definition) is 6. The minimum atomic E-state index is -0.708. The Morgan fingerprint density at radius 3 is 2.55 bits per heavy atom. The molecule has 1 aromatic carbocycles. The zero-order valence-corrected chi connectivity index (χ0v) is 19.1. The standard InChI is InChI=1S/C24H35NO6/c1-5-6-13-29-14-12-19(16-21(26)31-24(2,3)4)22(27)25-20(17-30-23(25)28)15-18-10-8-7-9-11-18/h7-11,19-20H,5-6,12-17H2,1-4H3/t19-,20+/m1/s1. The van der Waals surface area contributed by atoms with E-state index in [0.29, 0.717) is 26.1 Å². The molecule has 1 aromatic rings. The van der Waals surface area contributed by atoms with E-state index in [-0.39, 0.29) is 13.0 Å². The first kappa shape index (κ1) is 24.9. The highest BCUT2D eigenvalue weighted by Gasteiger charge is 2.41. The Hall–Kier alpha value is -2.41. The molecule has 0 saturated carbocycles. The Morgan fingerprint density at radius 2 is 1.90 bits per heavy atom. The fourth-order valence-electron chi connectivity index (χ4n) is 3.43. The highest BCUT2D eigenvalue weighted by atomic mass is 16.6. The van der Waals surface area contributed by atoms with Crippen LogP contribution in [-0.2, 0) is 30.2 Å². The summed E-state index contributed by atoms with van der Waals surface area (Å²) in [5, 5.41) is 0. The summed E-state index contributed by atoms with van der Waals surface area (Å²) < 4.78 is 16.2. The number of cyclic esters (lactones) is 1. The van der Waals surface area contributed by atoms with Gasteiger partial charge in [-0.2, -0.15) is 0 Å². The van der Waals surface area contributed by atoms with Gasteiger partial charge < -0.3 is 14.2 Å². The molecule has 0 N–H and O–H groups in total. The maximum Gasteiger partial charge on any atom is 0.416 e. The van der Waals surface area contributed by atoms with Crippen LogP contribution in [0.4, 0.5) is 4.79 Å². The van der Waals surface area contributed by atoms with Gasteiger partial charge in [0.25, 0.3) is 0 Å². The van der Waals surface area contributed by atoms with Gasteiger partial charge in [-0.3, -0.25) is 9.59 Å². The normalized spacial score (nSPS) is 17.4. The molecule has 2 atom stereocenters. The van der Waals surface area contributed by atoms with Gasteiger partial charge in [0.2, 0.25) is 5.91 Å². The predicted octanol–water partition coefficient (Wildman–Crippen LogP) is 4.13. The Labute approximate surface area is 185 Å². The molecule has 31 heavy (non-hydrogen) atoms. The van der Waals surface area contributed by atoms with Gasteiger partial charge in [0, 0.05) is 13.2 Å². The van der Waals surface area contributed by atoms with Crippen molar-refractivity contribution in [3.63, 3.8) is 0 Å². The third-order valence-electron chi connectivity index (χ3n) is 4.95. The number of ether oxygens (including phenoxy) is 3. The molecular formula is C24H35NO6. The molecule has 172 valence electrons. The second-order valence-electron chi connectivity index (χ2n) is 8.87. The zero-order valence-electron chi connectivity index (χ0n) is 19.1. The maximum atomic E-state index is 13.3. The molecule has 0 radical (unpaired) electrons. The van der Waals surface area contributed by atoms with Crippen LogP contribution in [0.15, 0.2) is 30.3 Å². The summed E-state index contributed by atoms with van der Waals surface area (Å²) in [6.07, 6.45) is 2.03. The summed E-state index contributed by atoms with van der Waals surface area (Å²) >= 11 is 0. The van der Waals surface area contributed by atoms with Gasteiger partial charge in [0.1, 0.15) is 12.2 Å². The molecule has 0 bridgehead atoms. The van der Waals surface area contributed by atoms with Crippen LogP contribution in [-0.4, -0.2) is 54.3 Å². The molecule has 2 amide bonds. The summed E-state index contributed by atoms with van der Waals surface area (Å²) in [6.45, 7) is 8.50. The molecule has 0 aromatic heterocycles. The van der Waals surface area contributed by atoms with Gasteiger partial charge >= 0.3 is 12.1 Å². The lowest BCUT2D eigenvalue weighted by atomic mass is 9.98. The van der Waals surface area contributed by atoms with Gasteiger partial charge in [-0.05, 0) is 45.6 Å². The Morgan fingerprint density at radius 1 is 1.19 bits per heavy atom. The maximum absolute atomic E-state index is 13.3. The van der Waals surface area contributed by atoms with Gasteiger partial charge in [-0.1, -0.05) is 43.7 Å². The highest BCUT2D eigenvalue weighted by Crippen LogP contribution is 2.24. The van der Waals surface area contributed by atoms with Gasteiger partial charge in [0.05, 0.1) is 18.4 Å². The first-order valence-corrected chi connectivity index (χ1v) is 11.0. The average Bonchev–Trinajstić information content (AvgIpc) is 3.05. The molecule has 1 fully saturated rings. The van der Waals surface area contributed by atoms with Crippen molar-refractivity contribution in [3.05, 3.63) is 35.9 Å². The monoisotopic (exact) mass is 433 g/mol. The van der Waals surface area contributed by atoms with Crippen LogP contribution >= 0.6 is 0 Å². The second-order valence-corrected chi connectivity index (χ2v) is 8.87. The lowest BCUT2D eigenvalue weighted by Gasteiger charge is -2.26. The van der Waals surface area contributed by atoms with Crippen molar-refractivity contribution in [2.45, 2.75) is 71.4 Å². The lowest BCUT2D eigenvalue weighted by Crippen LogP contribution is -2.44. The molecule has 2 rings (SSSR count). The van der Waals surface area contributed by atoms with Crippen LogP contribution in [0.2, 0.25) is 0 Å². The van der Waals surface area contributed by atoms with Crippen LogP contribution < -0.4 is 0 Å². The molecule has 0 unspecified atom stereocenters. The fourth-order valence-corrected chi connectivity index (χ4v) is 3.43. The van der Waals surface area contributed by atoms with Crippen LogP contribution in [0.1, 0.15) is 58.9 Å². The number of esters is 1. The van der Waals surface area contributed by atoms with Crippen molar-refractivity contribution < 1.29 is 28.6 Å². The van der Waals surface area contributed by atoms with Crippen molar-refractivity contribution in [2.24, 2.45) is 5.92 Å². The second kappa shape index (κ2) is 11.8. The van der Waals surface area contributed by atoms with Crippen LogP contribution in [0, 0.1) is 5.92 Å². The molecule has 1 aliphatic heterocycles. The first-order valence-electron chi connectivity index (χ1n) is 11.0. The lowest BCUT2D eigenvalue weighted by molar-refractivity contribution is -0.158. The number of hydrogen-bond donors (Lipinski definition) is 0. The predicted molar refractivity (Wildman–Crippen MR) is 116 cm³/mol. The molecular weight excluding hydrogens is 398 g/mol. The molecule has 1 aliphatic rings. The number of carbonyl (C=O) groups is 3. The third-order valence-corrected chi connectivity index (χ3v) is 4.95. The number of benzene rings is 1. The summed E-state index contributed by atoms with van der Waals surface area (Å²) in [7, 11) is 0. The van der Waals surface area contributed by atoms with Crippen molar-refractivity contribution in [1.82, 2.24) is 4.90 Å². The van der Waals surface area contributed by atoms with Gasteiger partial charge in [-0.25, -0.2) is 9.69 Å². The topological polar surface area (TPSA) is 82.1 Å². The van der Waals surface area contributed by atoms with Crippen LogP contribution in [0.25, 0.3) is 0 Å². The molecule has 7 nitrogen and oxygen atoms in total. The minimum absolute atomic E-state index is 0.102. The summed E-state index contributed by atoms with van der Waals surface area (Å²) in [4.78, 5) is 39.3. The van der Waals surface area contributed by atoms with E-state index in [4.69, 9.17) is 14.2 Å². The Bertz CT molecular complexity index is 727. The number of carbonyl (C=O) groups excluding carboxylic acids is 3. The average molecular weight is 434 g/mol. The van der Waals surface area contributed by atoms with Crippen LogP contribution in [0.3, 0.4) is 0 Å². The molecule has 1 heterocycles. The highest BCUT2D eigenvalue weighted by molar-refractivity contribution is 5.96. The van der Waals surface area contributed by atoms with E-state index in [9.17, 15) is 14.4 Å². The van der Waals surface area contributed by atoms with Gasteiger partial charge in [-0.15, -0.1) is 0 Å². The Kier molecular flexibility index (Phi) is 9.49. The van der Waals surface area contributed by atoms with E-state index >= 15 is 0 Å². The van der Waals surface area contributed by atoms with E-state index in [0.717, 1.165) is 18.4 Å². The molecule has 7 heteroatoms. The number of amides is 2. The number of rotatable bonds is 11. The van der Waals surface area contributed by atoms with Crippen molar-refractivity contribution in [3.8, 4) is 0 Å². The van der Waals surface area contributed by atoms with Crippen molar-refractivity contribution in [1.29, 1.82) is 0 Å².